The molecule has 1 aliphatic heterocycles. The van der Waals surface area contributed by atoms with Crippen LogP contribution >= 0.6 is 0 Å². The van der Waals surface area contributed by atoms with Crippen molar-refractivity contribution in [1.29, 1.82) is 0 Å². The number of hydrogen-bond donors (Lipinski definition) is 2. The molecule has 1 atom stereocenters. The second kappa shape index (κ2) is 6.03. The highest BCUT2D eigenvalue weighted by molar-refractivity contribution is 5.25. The molecule has 17 heavy (non-hydrogen) atoms. The van der Waals surface area contributed by atoms with E-state index in [2.05, 4.69) is 17.1 Å². The standard InChI is InChI=1S/C14H22N2O/c1-2-16-9-3-4-13(16)11-15-10-12-5-7-14(17)8-6-12/h5-8,13,15,17H,2-4,9-11H2,1H3/t13-/m0/s1. The second-order valence-electron chi connectivity index (χ2n) is 4.72. The summed E-state index contributed by atoms with van der Waals surface area (Å²) in [5.74, 6) is 0.335. The number of likely N-dealkylation sites (tertiary alicyclic amines) is 1. The predicted molar refractivity (Wildman–Crippen MR) is 70.1 cm³/mol. The summed E-state index contributed by atoms with van der Waals surface area (Å²) in [5, 5.41) is 12.7. The third-order valence-corrected chi connectivity index (χ3v) is 3.55. The summed E-state index contributed by atoms with van der Waals surface area (Å²) in [6.45, 7) is 6.59. The molecule has 0 aliphatic carbocycles. The lowest BCUT2D eigenvalue weighted by Crippen LogP contribution is -2.37. The molecule has 0 saturated carbocycles. The Labute approximate surface area is 103 Å². The van der Waals surface area contributed by atoms with Gasteiger partial charge in [0.15, 0.2) is 0 Å². The van der Waals surface area contributed by atoms with Crippen LogP contribution in [0.5, 0.6) is 5.75 Å². The molecule has 1 fully saturated rings. The van der Waals surface area contributed by atoms with E-state index in [0.717, 1.165) is 19.6 Å². The summed E-state index contributed by atoms with van der Waals surface area (Å²) >= 11 is 0. The summed E-state index contributed by atoms with van der Waals surface area (Å²) in [6, 6.07) is 8.12. The van der Waals surface area contributed by atoms with E-state index < -0.39 is 0 Å². The smallest absolute Gasteiger partial charge is 0.115 e. The van der Waals surface area contributed by atoms with Gasteiger partial charge in [-0.25, -0.2) is 0 Å². The molecule has 0 aromatic heterocycles. The third-order valence-electron chi connectivity index (χ3n) is 3.55. The SMILES string of the molecule is CCN1CCC[C@H]1CNCc1ccc(O)cc1. The first-order valence-corrected chi connectivity index (χ1v) is 6.52. The maximum atomic E-state index is 9.19. The van der Waals surface area contributed by atoms with Crippen LogP contribution in [-0.4, -0.2) is 35.7 Å². The minimum absolute atomic E-state index is 0.335. The number of hydrogen-bond acceptors (Lipinski definition) is 3. The molecule has 1 aromatic carbocycles. The van der Waals surface area contributed by atoms with E-state index in [1.54, 1.807) is 12.1 Å². The van der Waals surface area contributed by atoms with E-state index in [-0.39, 0.29) is 0 Å². The van der Waals surface area contributed by atoms with Crippen LogP contribution in [0.1, 0.15) is 25.3 Å². The number of phenols is 1. The molecule has 0 bridgehead atoms. The largest absolute Gasteiger partial charge is 0.508 e. The first-order chi connectivity index (χ1) is 8.29. The van der Waals surface area contributed by atoms with Crippen LogP contribution in [0, 0.1) is 0 Å². The minimum Gasteiger partial charge on any atom is -0.508 e. The van der Waals surface area contributed by atoms with Crippen molar-refractivity contribution in [1.82, 2.24) is 10.2 Å². The Morgan fingerprint density at radius 2 is 2.12 bits per heavy atom. The molecule has 2 rings (SSSR count). The fraction of sp³-hybridized carbons (Fsp3) is 0.571. The van der Waals surface area contributed by atoms with Crippen molar-refractivity contribution >= 4 is 0 Å². The number of aromatic hydroxyl groups is 1. The van der Waals surface area contributed by atoms with Crippen molar-refractivity contribution in [3.63, 3.8) is 0 Å². The molecule has 3 heteroatoms. The van der Waals surface area contributed by atoms with Crippen LogP contribution in [-0.2, 0) is 6.54 Å². The van der Waals surface area contributed by atoms with E-state index in [0.29, 0.717) is 11.8 Å². The Morgan fingerprint density at radius 1 is 1.35 bits per heavy atom. The maximum Gasteiger partial charge on any atom is 0.115 e. The van der Waals surface area contributed by atoms with Gasteiger partial charge in [-0.05, 0) is 43.6 Å². The molecule has 1 aromatic rings. The van der Waals surface area contributed by atoms with Crippen LogP contribution in [0.25, 0.3) is 0 Å². The third kappa shape index (κ3) is 3.45. The Kier molecular flexibility index (Phi) is 4.40. The molecule has 2 N–H and O–H groups in total. The first kappa shape index (κ1) is 12.4. The molecule has 0 unspecified atom stereocenters. The molecule has 0 spiro atoms. The average molecular weight is 234 g/mol. The van der Waals surface area contributed by atoms with Crippen molar-refractivity contribution in [2.45, 2.75) is 32.4 Å². The normalized spacial score (nSPS) is 20.9. The Morgan fingerprint density at radius 3 is 2.82 bits per heavy atom. The number of nitrogens with one attached hydrogen (secondary N) is 1. The summed E-state index contributed by atoms with van der Waals surface area (Å²) in [5.41, 5.74) is 1.23. The van der Waals surface area contributed by atoms with Gasteiger partial charge in [-0.3, -0.25) is 4.90 Å². The highest BCUT2D eigenvalue weighted by Crippen LogP contribution is 2.16. The highest BCUT2D eigenvalue weighted by atomic mass is 16.3. The van der Waals surface area contributed by atoms with Crippen molar-refractivity contribution in [2.24, 2.45) is 0 Å². The quantitative estimate of drug-likeness (QED) is 0.817. The van der Waals surface area contributed by atoms with E-state index in [1.165, 1.54) is 24.9 Å². The lowest BCUT2D eigenvalue weighted by Gasteiger charge is -2.23. The second-order valence-corrected chi connectivity index (χ2v) is 4.72. The molecule has 1 aliphatic rings. The molecule has 0 radical (unpaired) electrons. The van der Waals surface area contributed by atoms with Crippen LogP contribution < -0.4 is 5.32 Å². The fourth-order valence-electron chi connectivity index (χ4n) is 2.54. The van der Waals surface area contributed by atoms with Crippen LogP contribution in [0.3, 0.4) is 0 Å². The Hall–Kier alpha value is -1.06. The van der Waals surface area contributed by atoms with Crippen molar-refractivity contribution in [3.8, 4) is 5.75 Å². The van der Waals surface area contributed by atoms with Gasteiger partial charge in [0, 0.05) is 19.1 Å². The van der Waals surface area contributed by atoms with Gasteiger partial charge in [0.2, 0.25) is 0 Å². The number of phenolic OH excluding ortho intramolecular Hbond substituents is 1. The summed E-state index contributed by atoms with van der Waals surface area (Å²) in [7, 11) is 0. The maximum absolute atomic E-state index is 9.19. The van der Waals surface area contributed by atoms with Gasteiger partial charge in [-0.1, -0.05) is 19.1 Å². The first-order valence-electron chi connectivity index (χ1n) is 6.52. The summed E-state index contributed by atoms with van der Waals surface area (Å²) < 4.78 is 0. The van der Waals surface area contributed by atoms with Crippen LogP contribution in [0.2, 0.25) is 0 Å². The fourth-order valence-corrected chi connectivity index (χ4v) is 2.54. The van der Waals surface area contributed by atoms with Crippen molar-refractivity contribution in [2.75, 3.05) is 19.6 Å². The van der Waals surface area contributed by atoms with Gasteiger partial charge >= 0.3 is 0 Å². The molecular weight excluding hydrogens is 212 g/mol. The zero-order chi connectivity index (χ0) is 12.1. The molecule has 94 valence electrons. The molecule has 1 saturated heterocycles. The van der Waals surface area contributed by atoms with Gasteiger partial charge < -0.3 is 10.4 Å². The van der Waals surface area contributed by atoms with Gasteiger partial charge in [-0.2, -0.15) is 0 Å². The van der Waals surface area contributed by atoms with E-state index in [4.69, 9.17) is 0 Å². The van der Waals surface area contributed by atoms with Crippen molar-refractivity contribution in [3.05, 3.63) is 29.8 Å². The number of likely N-dealkylation sites (N-methyl/N-ethyl adjacent to an activating group) is 1. The Balaban J connectivity index is 1.74. The lowest BCUT2D eigenvalue weighted by molar-refractivity contribution is 0.260. The highest BCUT2D eigenvalue weighted by Gasteiger charge is 2.21. The summed E-state index contributed by atoms with van der Waals surface area (Å²) in [4.78, 5) is 2.55. The number of benzene rings is 1. The minimum atomic E-state index is 0.335. The van der Waals surface area contributed by atoms with Gasteiger partial charge in [-0.15, -0.1) is 0 Å². The van der Waals surface area contributed by atoms with Crippen molar-refractivity contribution < 1.29 is 5.11 Å². The van der Waals surface area contributed by atoms with Gasteiger partial charge in [0.1, 0.15) is 5.75 Å². The summed E-state index contributed by atoms with van der Waals surface area (Å²) in [6.07, 6.45) is 2.65. The van der Waals surface area contributed by atoms with Gasteiger partial charge in [0.05, 0.1) is 0 Å². The average Bonchev–Trinajstić information content (AvgIpc) is 2.79. The van der Waals surface area contributed by atoms with Crippen LogP contribution in [0.15, 0.2) is 24.3 Å². The van der Waals surface area contributed by atoms with Gasteiger partial charge in [0.25, 0.3) is 0 Å². The molecule has 1 heterocycles. The molecular formula is C14H22N2O. The predicted octanol–water partition coefficient (Wildman–Crippen LogP) is 1.97. The van der Waals surface area contributed by atoms with E-state index >= 15 is 0 Å². The Bertz CT molecular complexity index is 337. The van der Waals surface area contributed by atoms with E-state index in [9.17, 15) is 5.11 Å². The topological polar surface area (TPSA) is 35.5 Å². The zero-order valence-corrected chi connectivity index (χ0v) is 10.5. The molecule has 0 amide bonds. The number of nitrogens with zero attached hydrogens (tertiary/aromatic N) is 1. The van der Waals surface area contributed by atoms with E-state index in [1.807, 2.05) is 12.1 Å². The van der Waals surface area contributed by atoms with Crippen LogP contribution in [0.4, 0.5) is 0 Å². The lowest BCUT2D eigenvalue weighted by atomic mass is 10.2. The monoisotopic (exact) mass is 234 g/mol. The number of rotatable bonds is 5. The molecule has 3 nitrogen and oxygen atoms in total. The zero-order valence-electron chi connectivity index (χ0n) is 10.5.